The molecule has 1 atom stereocenters. The molecule has 0 aromatic carbocycles. The minimum Gasteiger partial charge on any atom is -0.376 e. The summed E-state index contributed by atoms with van der Waals surface area (Å²) >= 11 is 0. The Bertz CT molecular complexity index is 166. The molecule has 0 aliphatic heterocycles. The lowest BCUT2D eigenvalue weighted by molar-refractivity contribution is 0.0783. The highest BCUT2D eigenvalue weighted by Gasteiger charge is 2.16. The smallest absolute Gasteiger partial charge is 0.376 e. The topological polar surface area (TPSA) is 27.7 Å². The Kier molecular flexibility index (Phi) is 11.2. The van der Waals surface area contributed by atoms with Crippen LogP contribution in [0.2, 0.25) is 0 Å². The molecule has 0 radical (unpaired) electrons. The zero-order chi connectivity index (χ0) is 12.2. The molecule has 0 fully saturated rings. The van der Waals surface area contributed by atoms with E-state index < -0.39 is 9.53 Å². The summed E-state index contributed by atoms with van der Waals surface area (Å²) in [5.41, 5.74) is 0. The molecule has 0 aliphatic rings. The molecular formula is C12H26O3Si. The van der Waals surface area contributed by atoms with E-state index in [0.717, 1.165) is 32.5 Å². The fourth-order valence-electron chi connectivity index (χ4n) is 1.10. The Morgan fingerprint density at radius 1 is 1.06 bits per heavy atom. The van der Waals surface area contributed by atoms with Gasteiger partial charge in [-0.1, -0.05) is 32.9 Å². The fourth-order valence-corrected chi connectivity index (χ4v) is 2.65. The third-order valence-corrected chi connectivity index (χ3v) is 3.55. The quantitative estimate of drug-likeness (QED) is 0.438. The van der Waals surface area contributed by atoms with E-state index in [1.54, 1.807) is 0 Å². The number of hydrogen-bond acceptors (Lipinski definition) is 3. The van der Waals surface area contributed by atoms with Crippen molar-refractivity contribution in [2.24, 2.45) is 0 Å². The lowest BCUT2D eigenvalue weighted by Crippen LogP contribution is -2.31. The second-order valence-electron chi connectivity index (χ2n) is 3.71. The standard InChI is InChI=1S/C12H26O3Si/c1-5-8-9-12(4)15-16(13-10-6-2)14-11-7-3/h8-9,12,16H,5-7,10-11H2,1-4H3. The van der Waals surface area contributed by atoms with Crippen molar-refractivity contribution in [3.8, 4) is 0 Å². The second kappa shape index (κ2) is 11.3. The van der Waals surface area contributed by atoms with Crippen LogP contribution in [0.4, 0.5) is 0 Å². The Morgan fingerprint density at radius 3 is 2.06 bits per heavy atom. The van der Waals surface area contributed by atoms with E-state index in [1.165, 1.54) is 0 Å². The van der Waals surface area contributed by atoms with Gasteiger partial charge < -0.3 is 13.3 Å². The number of rotatable bonds is 10. The Labute approximate surface area is 102 Å². The van der Waals surface area contributed by atoms with E-state index in [1.807, 2.05) is 6.92 Å². The van der Waals surface area contributed by atoms with Gasteiger partial charge in [-0.25, -0.2) is 0 Å². The van der Waals surface area contributed by atoms with Crippen LogP contribution in [0.1, 0.15) is 47.0 Å². The molecule has 0 heterocycles. The van der Waals surface area contributed by atoms with Gasteiger partial charge in [0.1, 0.15) is 0 Å². The first kappa shape index (κ1) is 15.8. The molecule has 0 aromatic heterocycles. The van der Waals surface area contributed by atoms with E-state index >= 15 is 0 Å². The molecule has 0 amide bonds. The van der Waals surface area contributed by atoms with Gasteiger partial charge in [0.25, 0.3) is 0 Å². The Hall–Kier alpha value is -0.163. The molecule has 0 saturated carbocycles. The predicted octanol–water partition coefficient (Wildman–Crippen LogP) is 2.93. The highest BCUT2D eigenvalue weighted by atomic mass is 28.3. The summed E-state index contributed by atoms with van der Waals surface area (Å²) in [4.78, 5) is 0. The maximum absolute atomic E-state index is 5.76. The van der Waals surface area contributed by atoms with Crippen molar-refractivity contribution in [1.82, 2.24) is 0 Å². The van der Waals surface area contributed by atoms with Crippen molar-refractivity contribution >= 4 is 9.53 Å². The molecular weight excluding hydrogens is 220 g/mol. The second-order valence-corrected chi connectivity index (χ2v) is 5.22. The Balaban J connectivity index is 3.91. The molecule has 0 rings (SSSR count). The molecule has 0 bridgehead atoms. The average Bonchev–Trinajstić information content (AvgIpc) is 2.30. The van der Waals surface area contributed by atoms with Gasteiger partial charge in [-0.2, -0.15) is 0 Å². The van der Waals surface area contributed by atoms with Crippen molar-refractivity contribution in [2.45, 2.75) is 53.1 Å². The largest absolute Gasteiger partial charge is 0.484 e. The van der Waals surface area contributed by atoms with Gasteiger partial charge in [0.2, 0.25) is 0 Å². The minimum absolute atomic E-state index is 0.0883. The van der Waals surface area contributed by atoms with E-state index in [4.69, 9.17) is 13.3 Å². The first-order chi connectivity index (χ1) is 7.74. The molecule has 1 unspecified atom stereocenters. The summed E-state index contributed by atoms with van der Waals surface area (Å²) in [5.74, 6) is 0. The molecule has 0 aromatic rings. The molecule has 0 saturated heterocycles. The predicted molar refractivity (Wildman–Crippen MR) is 69.6 cm³/mol. The zero-order valence-corrected chi connectivity index (χ0v) is 12.2. The number of hydrogen-bond donors (Lipinski definition) is 0. The van der Waals surface area contributed by atoms with Gasteiger partial charge in [0.15, 0.2) is 0 Å². The molecule has 16 heavy (non-hydrogen) atoms. The van der Waals surface area contributed by atoms with Crippen molar-refractivity contribution in [3.63, 3.8) is 0 Å². The highest BCUT2D eigenvalue weighted by molar-refractivity contribution is 6.36. The van der Waals surface area contributed by atoms with Crippen LogP contribution in [0, 0.1) is 0 Å². The van der Waals surface area contributed by atoms with E-state index in [2.05, 4.69) is 32.9 Å². The summed E-state index contributed by atoms with van der Waals surface area (Å²) in [6.45, 7) is 9.77. The van der Waals surface area contributed by atoms with Gasteiger partial charge in [-0.3, -0.25) is 0 Å². The molecule has 0 N–H and O–H groups in total. The van der Waals surface area contributed by atoms with Crippen LogP contribution in [-0.4, -0.2) is 28.8 Å². The van der Waals surface area contributed by atoms with Gasteiger partial charge in [0.05, 0.1) is 6.10 Å². The van der Waals surface area contributed by atoms with Crippen LogP contribution in [0.5, 0.6) is 0 Å². The number of allylic oxidation sites excluding steroid dienone is 1. The van der Waals surface area contributed by atoms with E-state index in [-0.39, 0.29) is 6.10 Å². The fraction of sp³-hybridized carbons (Fsp3) is 0.833. The van der Waals surface area contributed by atoms with Crippen LogP contribution < -0.4 is 0 Å². The maximum Gasteiger partial charge on any atom is 0.484 e. The summed E-state index contributed by atoms with van der Waals surface area (Å²) in [6, 6.07) is 0. The molecule has 0 aliphatic carbocycles. The van der Waals surface area contributed by atoms with Crippen molar-refractivity contribution in [1.29, 1.82) is 0 Å². The van der Waals surface area contributed by atoms with Crippen LogP contribution in [0.3, 0.4) is 0 Å². The van der Waals surface area contributed by atoms with Gasteiger partial charge >= 0.3 is 9.53 Å². The Morgan fingerprint density at radius 2 is 1.62 bits per heavy atom. The summed E-state index contributed by atoms with van der Waals surface area (Å²) in [6.07, 6.45) is 7.29. The van der Waals surface area contributed by atoms with Crippen molar-refractivity contribution in [3.05, 3.63) is 12.2 Å². The SMILES string of the molecule is CCC=CC(C)O[SiH](OCCC)OCCC. The normalized spacial score (nSPS) is 13.8. The first-order valence-corrected chi connectivity index (χ1v) is 7.71. The van der Waals surface area contributed by atoms with Crippen LogP contribution in [0.15, 0.2) is 12.2 Å². The third-order valence-electron chi connectivity index (χ3n) is 1.88. The van der Waals surface area contributed by atoms with Crippen molar-refractivity contribution in [2.75, 3.05) is 13.2 Å². The highest BCUT2D eigenvalue weighted by Crippen LogP contribution is 2.02. The van der Waals surface area contributed by atoms with Gasteiger partial charge in [0, 0.05) is 13.2 Å². The molecule has 3 nitrogen and oxygen atoms in total. The lowest BCUT2D eigenvalue weighted by atomic mass is 10.3. The summed E-state index contributed by atoms with van der Waals surface area (Å²) in [7, 11) is -1.92. The van der Waals surface area contributed by atoms with E-state index in [0.29, 0.717) is 0 Å². The van der Waals surface area contributed by atoms with Crippen LogP contribution >= 0.6 is 0 Å². The molecule has 4 heteroatoms. The maximum atomic E-state index is 5.76. The monoisotopic (exact) mass is 246 g/mol. The zero-order valence-electron chi connectivity index (χ0n) is 11.1. The molecule has 0 spiro atoms. The van der Waals surface area contributed by atoms with E-state index in [9.17, 15) is 0 Å². The summed E-state index contributed by atoms with van der Waals surface area (Å²) in [5, 5.41) is 0. The summed E-state index contributed by atoms with van der Waals surface area (Å²) < 4.78 is 17.0. The minimum atomic E-state index is -1.92. The molecule has 96 valence electrons. The average molecular weight is 246 g/mol. The third kappa shape index (κ3) is 9.09. The van der Waals surface area contributed by atoms with Crippen molar-refractivity contribution < 1.29 is 13.3 Å². The van der Waals surface area contributed by atoms with Gasteiger partial charge in [-0.05, 0) is 26.2 Å². The van der Waals surface area contributed by atoms with Gasteiger partial charge in [-0.15, -0.1) is 0 Å². The van der Waals surface area contributed by atoms with Crippen LogP contribution in [0.25, 0.3) is 0 Å². The van der Waals surface area contributed by atoms with Crippen LogP contribution in [-0.2, 0) is 13.3 Å². The first-order valence-electron chi connectivity index (χ1n) is 6.29. The lowest BCUT2D eigenvalue weighted by Gasteiger charge is -2.18.